The Labute approximate surface area is 163 Å². The molecule has 0 saturated carbocycles. The van der Waals surface area contributed by atoms with Gasteiger partial charge in [-0.3, -0.25) is 0 Å². The summed E-state index contributed by atoms with van der Waals surface area (Å²) in [6.07, 6.45) is 1.69. The van der Waals surface area contributed by atoms with Crippen molar-refractivity contribution in [3.63, 3.8) is 0 Å². The van der Waals surface area contributed by atoms with Crippen LogP contribution in [0.1, 0.15) is 16.7 Å². The van der Waals surface area contributed by atoms with E-state index in [2.05, 4.69) is 47.7 Å². The van der Waals surface area contributed by atoms with Crippen molar-refractivity contribution < 1.29 is 4.74 Å². The number of benzene rings is 2. The van der Waals surface area contributed by atoms with Crippen LogP contribution < -0.4 is 4.74 Å². The second-order valence-electron chi connectivity index (χ2n) is 6.64. The molecule has 0 spiro atoms. The van der Waals surface area contributed by atoms with Crippen molar-refractivity contribution in [2.24, 2.45) is 0 Å². The van der Waals surface area contributed by atoms with Crippen LogP contribution in [0, 0.1) is 13.8 Å². The maximum Gasteiger partial charge on any atom is 0.144 e. The highest BCUT2D eigenvalue weighted by Crippen LogP contribution is 2.31. The predicted octanol–water partition coefficient (Wildman–Crippen LogP) is 5.43. The van der Waals surface area contributed by atoms with Crippen LogP contribution >= 0.6 is 11.6 Å². The molecule has 4 nitrogen and oxygen atoms in total. The zero-order chi connectivity index (χ0) is 19.0. The minimum absolute atomic E-state index is 0.456. The molecule has 0 saturated heterocycles. The summed E-state index contributed by atoms with van der Waals surface area (Å²) in [5.41, 5.74) is 6.50. The van der Waals surface area contributed by atoms with Crippen molar-refractivity contribution in [1.82, 2.24) is 14.5 Å². The van der Waals surface area contributed by atoms with E-state index in [1.807, 2.05) is 24.3 Å². The lowest BCUT2D eigenvalue weighted by atomic mass is 10.1. The van der Waals surface area contributed by atoms with Gasteiger partial charge in [-0.25, -0.2) is 9.97 Å². The third kappa shape index (κ3) is 3.28. The Morgan fingerprint density at radius 2 is 1.78 bits per heavy atom. The molecule has 27 heavy (non-hydrogen) atoms. The van der Waals surface area contributed by atoms with Gasteiger partial charge in [-0.15, -0.1) is 0 Å². The molecule has 4 rings (SSSR count). The van der Waals surface area contributed by atoms with Gasteiger partial charge < -0.3 is 9.30 Å². The van der Waals surface area contributed by atoms with E-state index in [0.29, 0.717) is 11.7 Å². The summed E-state index contributed by atoms with van der Waals surface area (Å²) in [7, 11) is 1.67. The van der Waals surface area contributed by atoms with Crippen LogP contribution in [0.3, 0.4) is 0 Å². The molecule has 0 unspecified atom stereocenters. The first-order chi connectivity index (χ1) is 13.1. The number of rotatable bonds is 4. The van der Waals surface area contributed by atoms with Gasteiger partial charge in [0, 0.05) is 12.7 Å². The van der Waals surface area contributed by atoms with E-state index in [-0.39, 0.29) is 0 Å². The molecular formula is C22H20ClN3O. The predicted molar refractivity (Wildman–Crippen MR) is 110 cm³/mol. The van der Waals surface area contributed by atoms with E-state index in [9.17, 15) is 0 Å². The van der Waals surface area contributed by atoms with Gasteiger partial charge in [0.15, 0.2) is 0 Å². The van der Waals surface area contributed by atoms with Gasteiger partial charge in [-0.2, -0.15) is 0 Å². The number of fused-ring (bicyclic) bond motifs is 1. The molecule has 0 aliphatic rings. The zero-order valence-corrected chi connectivity index (χ0v) is 16.3. The van der Waals surface area contributed by atoms with Crippen molar-refractivity contribution in [2.75, 3.05) is 7.11 Å². The number of imidazole rings is 1. The quantitative estimate of drug-likeness (QED) is 0.445. The number of ether oxygens (including phenoxy) is 1. The smallest absolute Gasteiger partial charge is 0.144 e. The fourth-order valence-corrected chi connectivity index (χ4v) is 3.42. The third-order valence-corrected chi connectivity index (χ3v) is 5.16. The highest BCUT2D eigenvalue weighted by molar-refractivity contribution is 6.32. The summed E-state index contributed by atoms with van der Waals surface area (Å²) in [4.78, 5) is 9.12. The molecule has 2 heterocycles. The van der Waals surface area contributed by atoms with Crippen LogP contribution in [0.15, 0.2) is 54.7 Å². The first-order valence-electron chi connectivity index (χ1n) is 8.78. The lowest BCUT2D eigenvalue weighted by Crippen LogP contribution is -2.03. The number of halogens is 1. The second kappa shape index (κ2) is 7.05. The van der Waals surface area contributed by atoms with Crippen molar-refractivity contribution in [1.29, 1.82) is 0 Å². The lowest BCUT2D eigenvalue weighted by molar-refractivity contribution is 0.414. The highest BCUT2D eigenvalue weighted by atomic mass is 35.5. The topological polar surface area (TPSA) is 39.9 Å². The Morgan fingerprint density at radius 1 is 1.04 bits per heavy atom. The second-order valence-corrected chi connectivity index (χ2v) is 6.99. The molecular weight excluding hydrogens is 358 g/mol. The average molecular weight is 378 g/mol. The molecule has 0 N–H and O–H groups in total. The number of pyridine rings is 1. The van der Waals surface area contributed by atoms with Gasteiger partial charge in [-0.1, -0.05) is 23.7 Å². The van der Waals surface area contributed by atoms with Crippen LogP contribution in [-0.2, 0) is 6.54 Å². The van der Waals surface area contributed by atoms with Crippen molar-refractivity contribution in [3.05, 3.63) is 76.6 Å². The molecule has 2 aromatic carbocycles. The number of methoxy groups -OCH3 is 1. The van der Waals surface area contributed by atoms with Crippen molar-refractivity contribution in [2.45, 2.75) is 20.4 Å². The van der Waals surface area contributed by atoms with E-state index < -0.39 is 0 Å². The first kappa shape index (κ1) is 17.6. The van der Waals surface area contributed by atoms with E-state index >= 15 is 0 Å². The molecule has 0 fully saturated rings. The number of nitrogens with zero attached hydrogens (tertiary/aromatic N) is 3. The molecule has 0 amide bonds. The van der Waals surface area contributed by atoms with E-state index in [1.54, 1.807) is 13.3 Å². The van der Waals surface area contributed by atoms with Crippen LogP contribution in [0.25, 0.3) is 22.4 Å². The Hall–Kier alpha value is -2.85. The molecule has 0 aliphatic heterocycles. The molecule has 5 heteroatoms. The highest BCUT2D eigenvalue weighted by Gasteiger charge is 2.16. The zero-order valence-electron chi connectivity index (χ0n) is 15.5. The standard InChI is InChI=1S/C22H20ClN3O/c1-14-11-19-20(12-15(14)2)26(13-16-6-8-17(27-3)9-7-16)22(25-19)18-5-4-10-24-21(18)23/h4-12H,13H2,1-3H3. The van der Waals surface area contributed by atoms with Gasteiger partial charge in [0.2, 0.25) is 0 Å². The van der Waals surface area contributed by atoms with E-state index in [1.165, 1.54) is 11.1 Å². The summed E-state index contributed by atoms with van der Waals surface area (Å²) in [6, 6.07) is 16.2. The fraction of sp³-hybridized carbons (Fsp3) is 0.182. The summed E-state index contributed by atoms with van der Waals surface area (Å²) >= 11 is 6.38. The average Bonchev–Trinajstić information content (AvgIpc) is 3.00. The number of aryl methyl sites for hydroxylation is 2. The first-order valence-corrected chi connectivity index (χ1v) is 9.16. The Balaban J connectivity index is 1.91. The number of aromatic nitrogens is 3. The van der Waals surface area contributed by atoms with Crippen LogP contribution in [0.4, 0.5) is 0 Å². The Morgan fingerprint density at radius 3 is 2.48 bits per heavy atom. The van der Waals surface area contributed by atoms with E-state index in [4.69, 9.17) is 21.3 Å². The number of hydrogen-bond acceptors (Lipinski definition) is 3. The third-order valence-electron chi connectivity index (χ3n) is 4.86. The Bertz CT molecular complexity index is 1120. The molecule has 0 radical (unpaired) electrons. The SMILES string of the molecule is COc1ccc(Cn2c(-c3cccnc3Cl)nc3cc(C)c(C)cc32)cc1. The van der Waals surface area contributed by atoms with Gasteiger partial charge in [0.25, 0.3) is 0 Å². The van der Waals surface area contributed by atoms with Crippen LogP contribution in [0.2, 0.25) is 5.15 Å². The van der Waals surface area contributed by atoms with Gasteiger partial charge in [-0.05, 0) is 66.9 Å². The van der Waals surface area contributed by atoms with Gasteiger partial charge >= 0.3 is 0 Å². The summed E-state index contributed by atoms with van der Waals surface area (Å²) in [6.45, 7) is 4.91. The molecule has 0 atom stereocenters. The van der Waals surface area contributed by atoms with Crippen molar-refractivity contribution in [3.8, 4) is 17.1 Å². The number of hydrogen-bond donors (Lipinski definition) is 0. The molecule has 4 aromatic rings. The normalized spacial score (nSPS) is 11.1. The van der Waals surface area contributed by atoms with Gasteiger partial charge in [0.05, 0.1) is 23.7 Å². The molecule has 0 bridgehead atoms. The summed E-state index contributed by atoms with van der Waals surface area (Å²) in [5.74, 6) is 1.67. The maximum atomic E-state index is 6.38. The monoisotopic (exact) mass is 377 g/mol. The molecule has 0 aliphatic carbocycles. The molecule has 2 aromatic heterocycles. The minimum atomic E-state index is 0.456. The molecule has 136 valence electrons. The summed E-state index contributed by atoms with van der Waals surface area (Å²) in [5, 5.41) is 0.456. The van der Waals surface area contributed by atoms with E-state index in [0.717, 1.165) is 33.7 Å². The van der Waals surface area contributed by atoms with Crippen LogP contribution in [-0.4, -0.2) is 21.6 Å². The minimum Gasteiger partial charge on any atom is -0.497 e. The maximum absolute atomic E-state index is 6.38. The summed E-state index contributed by atoms with van der Waals surface area (Å²) < 4.78 is 7.47. The van der Waals surface area contributed by atoms with Crippen LogP contribution in [0.5, 0.6) is 5.75 Å². The fourth-order valence-electron chi connectivity index (χ4n) is 3.21. The largest absolute Gasteiger partial charge is 0.497 e. The van der Waals surface area contributed by atoms with Crippen molar-refractivity contribution >= 4 is 22.6 Å². The van der Waals surface area contributed by atoms with Gasteiger partial charge in [0.1, 0.15) is 16.7 Å². The lowest BCUT2D eigenvalue weighted by Gasteiger charge is -2.11. The Kier molecular flexibility index (Phi) is 4.58.